The third kappa shape index (κ3) is 6.79. The van der Waals surface area contributed by atoms with Crippen LogP contribution in [-0.2, 0) is 4.79 Å². The summed E-state index contributed by atoms with van der Waals surface area (Å²) < 4.78 is 6.45. The smallest absolute Gasteiger partial charge is 0.195 e. The Morgan fingerprint density at radius 2 is 1.20 bits per heavy atom. The van der Waals surface area contributed by atoms with Gasteiger partial charge in [0.1, 0.15) is 5.75 Å². The highest BCUT2D eigenvalue weighted by Crippen LogP contribution is 2.49. The van der Waals surface area contributed by atoms with Crippen LogP contribution in [0.5, 0.6) is 5.75 Å². The van der Waals surface area contributed by atoms with Crippen molar-refractivity contribution >= 4 is 16.9 Å². The van der Waals surface area contributed by atoms with Gasteiger partial charge in [0.2, 0.25) is 0 Å². The molecule has 3 aromatic rings. The summed E-state index contributed by atoms with van der Waals surface area (Å²) in [4.78, 5) is 13.5. The Labute approximate surface area is 216 Å². The van der Waals surface area contributed by atoms with E-state index in [-0.39, 0.29) is 15.9 Å². The topological polar surface area (TPSA) is 26.3 Å². The molecule has 35 heavy (non-hydrogen) atoms. The number of para-hydroxylation sites is 1. The molecule has 0 fully saturated rings. The van der Waals surface area contributed by atoms with Crippen molar-refractivity contribution in [2.45, 2.75) is 54.9 Å². The van der Waals surface area contributed by atoms with Crippen LogP contribution in [0.1, 0.15) is 54.9 Å². The predicted molar refractivity (Wildman–Crippen MR) is 152 cm³/mol. The maximum atomic E-state index is 13.5. The van der Waals surface area contributed by atoms with E-state index in [1.54, 1.807) is 0 Å². The lowest BCUT2D eigenvalue weighted by Crippen LogP contribution is -2.42. The van der Waals surface area contributed by atoms with Gasteiger partial charge in [0.25, 0.3) is 0 Å². The third-order valence-corrected chi connectivity index (χ3v) is 7.82. The fourth-order valence-corrected chi connectivity index (χ4v) is 5.57. The molecule has 2 nitrogen and oxygen atoms in total. The van der Waals surface area contributed by atoms with Crippen molar-refractivity contribution in [3.05, 3.63) is 78.9 Å². The lowest BCUT2D eigenvalue weighted by Gasteiger charge is -2.44. The number of carbonyl (C=O) groups excluding carboxylic acids is 1. The Balaban J connectivity index is 1.81. The molecule has 0 amide bonds. The van der Waals surface area contributed by atoms with Crippen LogP contribution in [0.2, 0.25) is 0 Å². The zero-order valence-corrected chi connectivity index (χ0v) is 23.2. The molecule has 1 atom stereocenters. The summed E-state index contributed by atoms with van der Waals surface area (Å²) in [6, 6.07) is 27.0. The molecule has 0 radical (unpaired) electrons. The lowest BCUT2D eigenvalue weighted by molar-refractivity contribution is -0.126. The Morgan fingerprint density at radius 1 is 0.714 bits per heavy atom. The summed E-state index contributed by atoms with van der Waals surface area (Å²) in [5.41, 5.74) is 3.92. The summed E-state index contributed by atoms with van der Waals surface area (Å²) in [5, 5.41) is 0.253. The van der Waals surface area contributed by atoms with E-state index in [1.165, 1.54) is 11.8 Å². The third-order valence-electron chi connectivity index (χ3n) is 6.74. The molecule has 0 aromatic heterocycles. The van der Waals surface area contributed by atoms with Crippen molar-refractivity contribution in [2.24, 2.45) is 16.2 Å². The largest absolute Gasteiger partial charge is 0.491 e. The van der Waals surface area contributed by atoms with Crippen molar-refractivity contribution in [2.75, 3.05) is 12.4 Å². The predicted octanol–water partition coefficient (Wildman–Crippen LogP) is 9.15. The van der Waals surface area contributed by atoms with Gasteiger partial charge in [-0.25, -0.2) is 0 Å². The number of hydrogen-bond acceptors (Lipinski definition) is 3. The highest BCUT2D eigenvalue weighted by atomic mass is 32.2. The standard InChI is InChI=1S/C32H40O2S/c1-30(2,3)23-32(7,31(4,5)6)29(33)35-22-21-34-28-26(24-15-10-8-11-16-24)19-14-20-27(28)25-17-12-9-13-18-25/h8-20H,21-23H2,1-7H3. The molecule has 3 aromatic carbocycles. The molecule has 0 bridgehead atoms. The van der Waals surface area contributed by atoms with E-state index in [9.17, 15) is 4.79 Å². The van der Waals surface area contributed by atoms with Gasteiger partial charge < -0.3 is 4.74 Å². The number of ether oxygens (including phenoxy) is 1. The van der Waals surface area contributed by atoms with Gasteiger partial charge >= 0.3 is 0 Å². The molecule has 0 N–H and O–H groups in total. The van der Waals surface area contributed by atoms with Gasteiger partial charge in [-0.15, -0.1) is 0 Å². The lowest BCUT2D eigenvalue weighted by atomic mass is 9.62. The van der Waals surface area contributed by atoms with E-state index < -0.39 is 5.41 Å². The maximum Gasteiger partial charge on any atom is 0.195 e. The highest BCUT2D eigenvalue weighted by molar-refractivity contribution is 8.13. The summed E-state index contributed by atoms with van der Waals surface area (Å²) >= 11 is 1.41. The van der Waals surface area contributed by atoms with Gasteiger partial charge in [-0.3, -0.25) is 4.79 Å². The molecule has 0 spiro atoms. The van der Waals surface area contributed by atoms with Crippen molar-refractivity contribution in [1.82, 2.24) is 0 Å². The average Bonchev–Trinajstić information content (AvgIpc) is 2.81. The summed E-state index contributed by atoms with van der Waals surface area (Å²) in [7, 11) is 0. The molecular weight excluding hydrogens is 448 g/mol. The van der Waals surface area contributed by atoms with E-state index in [0.717, 1.165) is 34.4 Å². The van der Waals surface area contributed by atoms with Gasteiger partial charge in [-0.05, 0) is 28.4 Å². The second-order valence-electron chi connectivity index (χ2n) is 11.7. The number of thioether (sulfide) groups is 1. The van der Waals surface area contributed by atoms with E-state index in [2.05, 4.69) is 90.9 Å². The Morgan fingerprint density at radius 3 is 1.63 bits per heavy atom. The monoisotopic (exact) mass is 488 g/mol. The molecule has 0 aliphatic carbocycles. The van der Waals surface area contributed by atoms with E-state index in [0.29, 0.717) is 12.4 Å². The van der Waals surface area contributed by atoms with Crippen LogP contribution in [-0.4, -0.2) is 17.5 Å². The normalized spacial score (nSPS) is 13.8. The SMILES string of the molecule is CC(C)(C)CC(C)(C(=O)SCCOc1c(-c2ccccc2)cccc1-c1ccccc1)C(C)(C)C. The Hall–Kier alpha value is -2.52. The molecule has 186 valence electrons. The van der Waals surface area contributed by atoms with Crippen molar-refractivity contribution < 1.29 is 9.53 Å². The van der Waals surface area contributed by atoms with E-state index in [1.807, 2.05) is 36.4 Å². The average molecular weight is 489 g/mol. The van der Waals surface area contributed by atoms with Gasteiger partial charge in [0, 0.05) is 22.3 Å². The molecule has 0 aliphatic heterocycles. The molecule has 3 rings (SSSR count). The minimum atomic E-state index is -0.410. The van der Waals surface area contributed by atoms with Crippen LogP contribution in [0.4, 0.5) is 0 Å². The van der Waals surface area contributed by atoms with Crippen LogP contribution in [0, 0.1) is 16.2 Å². The van der Waals surface area contributed by atoms with Crippen molar-refractivity contribution in [3.63, 3.8) is 0 Å². The molecule has 0 heterocycles. The van der Waals surface area contributed by atoms with Crippen LogP contribution in [0.15, 0.2) is 78.9 Å². The minimum absolute atomic E-state index is 0.0773. The van der Waals surface area contributed by atoms with Gasteiger partial charge in [-0.2, -0.15) is 0 Å². The highest BCUT2D eigenvalue weighted by Gasteiger charge is 2.46. The molecule has 0 saturated heterocycles. The van der Waals surface area contributed by atoms with Crippen LogP contribution in [0.25, 0.3) is 22.3 Å². The molecule has 3 heteroatoms. The van der Waals surface area contributed by atoms with Crippen LogP contribution >= 0.6 is 11.8 Å². The fraction of sp³-hybridized carbons (Fsp3) is 0.406. The maximum absolute atomic E-state index is 13.5. The Bertz CT molecular complexity index is 1050. The number of rotatable bonds is 8. The fourth-order valence-electron chi connectivity index (χ4n) is 4.52. The molecule has 1 unspecified atom stereocenters. The number of carbonyl (C=O) groups is 1. The van der Waals surface area contributed by atoms with E-state index in [4.69, 9.17) is 4.74 Å². The van der Waals surface area contributed by atoms with Gasteiger partial charge in [0.15, 0.2) is 5.12 Å². The first-order valence-electron chi connectivity index (χ1n) is 12.5. The number of hydrogen-bond donors (Lipinski definition) is 0. The number of benzene rings is 3. The van der Waals surface area contributed by atoms with Crippen molar-refractivity contribution in [1.29, 1.82) is 0 Å². The summed E-state index contributed by atoms with van der Waals surface area (Å²) in [6.07, 6.45) is 0.852. The van der Waals surface area contributed by atoms with Crippen molar-refractivity contribution in [3.8, 4) is 28.0 Å². The molecule has 0 saturated carbocycles. The van der Waals surface area contributed by atoms with Gasteiger partial charge in [-0.1, -0.05) is 139 Å². The summed E-state index contributed by atoms with van der Waals surface area (Å²) in [6.45, 7) is 15.8. The minimum Gasteiger partial charge on any atom is -0.491 e. The zero-order chi connectivity index (χ0) is 25.7. The molecule has 0 aliphatic rings. The van der Waals surface area contributed by atoms with Crippen LogP contribution in [0.3, 0.4) is 0 Å². The zero-order valence-electron chi connectivity index (χ0n) is 22.4. The summed E-state index contributed by atoms with van der Waals surface area (Å²) in [5.74, 6) is 1.48. The van der Waals surface area contributed by atoms with E-state index >= 15 is 0 Å². The van der Waals surface area contributed by atoms with Crippen LogP contribution < -0.4 is 4.74 Å². The first-order chi connectivity index (χ1) is 16.4. The molecular formula is C32H40O2S. The second-order valence-corrected chi connectivity index (χ2v) is 12.8. The second kappa shape index (κ2) is 11.0. The Kier molecular flexibility index (Phi) is 8.54. The van der Waals surface area contributed by atoms with Gasteiger partial charge in [0.05, 0.1) is 6.61 Å². The quantitative estimate of drug-likeness (QED) is 0.296. The first-order valence-corrected chi connectivity index (χ1v) is 13.4. The first kappa shape index (κ1) is 27.1.